The summed E-state index contributed by atoms with van der Waals surface area (Å²) in [6.07, 6.45) is 4.09. The predicted molar refractivity (Wildman–Crippen MR) is 75.4 cm³/mol. The molecule has 1 heterocycles. The first kappa shape index (κ1) is 13.6. The highest BCUT2D eigenvalue weighted by Gasteiger charge is 2.38. The zero-order valence-electron chi connectivity index (χ0n) is 11.0. The van der Waals surface area contributed by atoms with Crippen LogP contribution in [0, 0.1) is 5.41 Å². The van der Waals surface area contributed by atoms with Crippen molar-refractivity contribution in [3.8, 4) is 0 Å². The van der Waals surface area contributed by atoms with Crippen LogP contribution in [0.1, 0.15) is 37.5 Å². The Morgan fingerprint density at radius 1 is 1.56 bits per heavy atom. The Morgan fingerprint density at radius 2 is 2.33 bits per heavy atom. The Balaban J connectivity index is 1.93. The number of carbonyl (C=O) groups excluding carboxylic acids is 1. The summed E-state index contributed by atoms with van der Waals surface area (Å²) in [4.78, 5) is 15.5. The summed E-state index contributed by atoms with van der Waals surface area (Å²) < 4.78 is 0. The quantitative estimate of drug-likeness (QED) is 0.860. The maximum absolute atomic E-state index is 12.3. The second kappa shape index (κ2) is 5.85. The number of hydrogen-bond donors (Lipinski definition) is 1. The SMILES string of the molecule is CCN(Cc1cccs1)C(=O)CC1(CN)CCC1. The Labute approximate surface area is 113 Å². The molecule has 100 valence electrons. The van der Waals surface area contributed by atoms with Crippen LogP contribution in [0.5, 0.6) is 0 Å². The van der Waals surface area contributed by atoms with E-state index in [9.17, 15) is 4.79 Å². The molecule has 0 bridgehead atoms. The standard InChI is InChI=1S/C14H22N2OS/c1-2-16(10-12-5-3-8-18-12)13(17)9-14(11-15)6-4-7-14/h3,5,8H,2,4,6-7,9-11,15H2,1H3. The number of rotatable bonds is 6. The van der Waals surface area contributed by atoms with Gasteiger partial charge in [-0.15, -0.1) is 11.3 Å². The fourth-order valence-electron chi connectivity index (χ4n) is 2.53. The second-order valence-corrected chi connectivity index (χ2v) is 6.25. The predicted octanol–water partition coefficient (Wildman–Crippen LogP) is 2.62. The van der Waals surface area contributed by atoms with Crippen LogP contribution in [0.15, 0.2) is 17.5 Å². The van der Waals surface area contributed by atoms with Crippen LogP contribution in [0.2, 0.25) is 0 Å². The molecule has 0 radical (unpaired) electrons. The molecule has 4 heteroatoms. The maximum atomic E-state index is 12.3. The van der Waals surface area contributed by atoms with Gasteiger partial charge in [-0.25, -0.2) is 0 Å². The van der Waals surface area contributed by atoms with Gasteiger partial charge in [-0.05, 0) is 43.2 Å². The van der Waals surface area contributed by atoms with Gasteiger partial charge in [0.25, 0.3) is 0 Å². The van der Waals surface area contributed by atoms with Crippen molar-refractivity contribution in [1.29, 1.82) is 0 Å². The smallest absolute Gasteiger partial charge is 0.223 e. The lowest BCUT2D eigenvalue weighted by atomic mass is 9.66. The zero-order chi connectivity index (χ0) is 13.0. The van der Waals surface area contributed by atoms with Crippen molar-refractivity contribution < 1.29 is 4.79 Å². The lowest BCUT2D eigenvalue weighted by Gasteiger charge is -2.41. The minimum atomic E-state index is 0.111. The van der Waals surface area contributed by atoms with Crippen molar-refractivity contribution in [2.75, 3.05) is 13.1 Å². The molecule has 2 N–H and O–H groups in total. The zero-order valence-corrected chi connectivity index (χ0v) is 11.8. The van der Waals surface area contributed by atoms with E-state index in [2.05, 4.69) is 11.4 Å². The number of nitrogens with zero attached hydrogens (tertiary/aromatic N) is 1. The Kier molecular flexibility index (Phi) is 4.40. The van der Waals surface area contributed by atoms with E-state index in [-0.39, 0.29) is 11.3 Å². The topological polar surface area (TPSA) is 46.3 Å². The molecule has 0 unspecified atom stereocenters. The van der Waals surface area contributed by atoms with Gasteiger partial charge >= 0.3 is 0 Å². The van der Waals surface area contributed by atoms with Gasteiger partial charge in [0.2, 0.25) is 5.91 Å². The summed E-state index contributed by atoms with van der Waals surface area (Å²) in [6, 6.07) is 4.12. The van der Waals surface area contributed by atoms with Gasteiger partial charge in [0, 0.05) is 17.8 Å². The van der Waals surface area contributed by atoms with Crippen molar-refractivity contribution >= 4 is 17.2 Å². The summed E-state index contributed by atoms with van der Waals surface area (Å²) in [6.45, 7) is 4.21. The molecule has 1 amide bonds. The molecule has 2 rings (SSSR count). The van der Waals surface area contributed by atoms with Gasteiger partial charge in [0.05, 0.1) is 6.54 Å². The molecule has 1 aromatic rings. The van der Waals surface area contributed by atoms with Gasteiger partial charge in [-0.1, -0.05) is 12.5 Å². The fraction of sp³-hybridized carbons (Fsp3) is 0.643. The molecule has 0 aliphatic heterocycles. The molecule has 0 spiro atoms. The van der Waals surface area contributed by atoms with E-state index in [0.29, 0.717) is 13.0 Å². The van der Waals surface area contributed by atoms with E-state index in [1.165, 1.54) is 11.3 Å². The van der Waals surface area contributed by atoms with Crippen LogP contribution >= 0.6 is 11.3 Å². The van der Waals surface area contributed by atoms with Crippen LogP contribution in [-0.4, -0.2) is 23.9 Å². The average molecular weight is 266 g/mol. The minimum Gasteiger partial charge on any atom is -0.338 e. The first-order valence-corrected chi connectivity index (χ1v) is 7.57. The molecule has 3 nitrogen and oxygen atoms in total. The van der Waals surface area contributed by atoms with Crippen LogP contribution in [0.3, 0.4) is 0 Å². The third kappa shape index (κ3) is 2.93. The molecule has 0 saturated heterocycles. The average Bonchev–Trinajstić information content (AvgIpc) is 2.83. The number of amides is 1. The summed E-state index contributed by atoms with van der Waals surface area (Å²) in [5.74, 6) is 0.260. The van der Waals surface area contributed by atoms with Crippen molar-refractivity contribution in [2.24, 2.45) is 11.1 Å². The summed E-state index contributed by atoms with van der Waals surface area (Å²) in [5.41, 5.74) is 5.94. The summed E-state index contributed by atoms with van der Waals surface area (Å²) >= 11 is 1.71. The Morgan fingerprint density at radius 3 is 2.78 bits per heavy atom. The van der Waals surface area contributed by atoms with Crippen LogP contribution in [0.4, 0.5) is 0 Å². The third-order valence-corrected chi connectivity index (χ3v) is 4.90. The van der Waals surface area contributed by atoms with Gasteiger partial charge in [0.15, 0.2) is 0 Å². The molecule has 18 heavy (non-hydrogen) atoms. The van der Waals surface area contributed by atoms with Crippen LogP contribution < -0.4 is 5.73 Å². The fourth-order valence-corrected chi connectivity index (χ4v) is 3.25. The largest absolute Gasteiger partial charge is 0.338 e. The van der Waals surface area contributed by atoms with Crippen LogP contribution in [0.25, 0.3) is 0 Å². The highest BCUT2D eigenvalue weighted by molar-refractivity contribution is 7.09. The van der Waals surface area contributed by atoms with Crippen molar-refractivity contribution in [3.05, 3.63) is 22.4 Å². The molecule has 1 saturated carbocycles. The van der Waals surface area contributed by atoms with E-state index < -0.39 is 0 Å². The van der Waals surface area contributed by atoms with E-state index in [1.807, 2.05) is 17.9 Å². The van der Waals surface area contributed by atoms with E-state index in [4.69, 9.17) is 5.73 Å². The summed E-state index contributed by atoms with van der Waals surface area (Å²) in [7, 11) is 0. The molecule has 0 atom stereocenters. The van der Waals surface area contributed by atoms with Crippen molar-refractivity contribution in [1.82, 2.24) is 4.90 Å². The normalized spacial score (nSPS) is 17.2. The molecular formula is C14H22N2OS. The van der Waals surface area contributed by atoms with Gasteiger partial charge in [-0.3, -0.25) is 4.79 Å². The molecule has 1 fully saturated rings. The Hall–Kier alpha value is -0.870. The van der Waals surface area contributed by atoms with E-state index in [0.717, 1.165) is 25.9 Å². The molecule has 0 aromatic carbocycles. The number of thiophene rings is 1. The van der Waals surface area contributed by atoms with Crippen molar-refractivity contribution in [3.63, 3.8) is 0 Å². The maximum Gasteiger partial charge on any atom is 0.223 e. The molecule has 1 aliphatic rings. The first-order valence-electron chi connectivity index (χ1n) is 6.69. The summed E-state index contributed by atoms with van der Waals surface area (Å²) in [5, 5.41) is 2.06. The number of carbonyl (C=O) groups is 1. The highest BCUT2D eigenvalue weighted by Crippen LogP contribution is 2.43. The lowest BCUT2D eigenvalue weighted by molar-refractivity contribution is -0.135. The molecule has 1 aromatic heterocycles. The minimum absolute atomic E-state index is 0.111. The molecule has 1 aliphatic carbocycles. The van der Waals surface area contributed by atoms with E-state index >= 15 is 0 Å². The van der Waals surface area contributed by atoms with Gasteiger partial charge < -0.3 is 10.6 Å². The monoisotopic (exact) mass is 266 g/mol. The number of hydrogen-bond acceptors (Lipinski definition) is 3. The van der Waals surface area contributed by atoms with Gasteiger partial charge in [0.1, 0.15) is 0 Å². The van der Waals surface area contributed by atoms with Crippen LogP contribution in [-0.2, 0) is 11.3 Å². The van der Waals surface area contributed by atoms with E-state index in [1.54, 1.807) is 11.3 Å². The lowest BCUT2D eigenvalue weighted by Crippen LogP contribution is -2.43. The number of nitrogens with two attached hydrogens (primary N) is 1. The van der Waals surface area contributed by atoms with Crippen molar-refractivity contribution in [2.45, 2.75) is 39.2 Å². The van der Waals surface area contributed by atoms with Gasteiger partial charge in [-0.2, -0.15) is 0 Å². The Bertz CT molecular complexity index is 379. The highest BCUT2D eigenvalue weighted by atomic mass is 32.1. The molecular weight excluding hydrogens is 244 g/mol. The second-order valence-electron chi connectivity index (χ2n) is 5.22. The first-order chi connectivity index (χ1) is 8.69. The third-order valence-electron chi connectivity index (χ3n) is 4.03.